The second-order valence-corrected chi connectivity index (χ2v) is 7.02. The van der Waals surface area contributed by atoms with E-state index in [9.17, 15) is 19.5 Å². The van der Waals surface area contributed by atoms with Crippen molar-refractivity contribution < 1.29 is 29.0 Å². The van der Waals surface area contributed by atoms with Gasteiger partial charge in [0.25, 0.3) is 0 Å². The predicted octanol–water partition coefficient (Wildman–Crippen LogP) is 0.959. The number of carbonyl (C=O) groups is 3. The molecule has 0 spiro atoms. The lowest BCUT2D eigenvalue weighted by Gasteiger charge is -2.16. The summed E-state index contributed by atoms with van der Waals surface area (Å²) in [6.45, 7) is 3.13. The van der Waals surface area contributed by atoms with Gasteiger partial charge in [-0.2, -0.15) is 4.98 Å². The number of ether oxygens (including phenoxy) is 2. The van der Waals surface area contributed by atoms with E-state index in [-0.39, 0.29) is 31.2 Å². The third kappa shape index (κ3) is 5.56. The van der Waals surface area contributed by atoms with Crippen LogP contribution < -0.4 is 5.32 Å². The Bertz CT molecular complexity index is 1100. The van der Waals surface area contributed by atoms with E-state index in [0.717, 1.165) is 5.56 Å². The number of aromatic nitrogens is 4. The molecular formula is C21H23N5O6. The number of carbonyl (C=O) groups excluding carboxylic acids is 3. The molecule has 1 aromatic carbocycles. The lowest BCUT2D eigenvalue weighted by molar-refractivity contribution is -0.155. The van der Waals surface area contributed by atoms with E-state index < -0.39 is 29.8 Å². The van der Waals surface area contributed by atoms with Gasteiger partial charge in [0.2, 0.25) is 11.8 Å². The Morgan fingerprint density at radius 2 is 1.81 bits per heavy atom. The maximum atomic E-state index is 12.3. The van der Waals surface area contributed by atoms with Gasteiger partial charge in [0.1, 0.15) is 31.5 Å². The second kappa shape index (κ2) is 10.3. The summed E-state index contributed by atoms with van der Waals surface area (Å²) >= 11 is 0. The van der Waals surface area contributed by atoms with Crippen LogP contribution in [0.2, 0.25) is 0 Å². The maximum absolute atomic E-state index is 12.3. The van der Waals surface area contributed by atoms with Crippen LogP contribution in [0.25, 0.3) is 11.2 Å². The highest BCUT2D eigenvalue weighted by Crippen LogP contribution is 2.17. The Morgan fingerprint density at radius 3 is 2.56 bits per heavy atom. The van der Waals surface area contributed by atoms with Crippen molar-refractivity contribution in [2.75, 3.05) is 6.61 Å². The minimum atomic E-state index is -1.12. The van der Waals surface area contributed by atoms with Gasteiger partial charge in [-0.05, 0) is 19.4 Å². The number of hydrogen-bond donors (Lipinski definition) is 2. The topological polar surface area (TPSA) is 146 Å². The molecule has 0 fully saturated rings. The summed E-state index contributed by atoms with van der Waals surface area (Å²) in [5.74, 6) is -3.36. The van der Waals surface area contributed by atoms with E-state index in [1.165, 1.54) is 26.5 Å². The number of imidazole rings is 1. The number of aromatic hydroxyl groups is 1. The zero-order valence-electron chi connectivity index (χ0n) is 17.6. The minimum Gasteiger partial charge on any atom is -0.492 e. The molecule has 0 bridgehead atoms. The molecule has 2 unspecified atom stereocenters. The fourth-order valence-electron chi connectivity index (χ4n) is 2.76. The second-order valence-electron chi connectivity index (χ2n) is 7.02. The first kappa shape index (κ1) is 22.7. The van der Waals surface area contributed by atoms with Crippen molar-refractivity contribution in [3.8, 4) is 5.88 Å². The van der Waals surface area contributed by atoms with Crippen LogP contribution in [0.4, 0.5) is 0 Å². The van der Waals surface area contributed by atoms with Crippen LogP contribution in [-0.2, 0) is 37.0 Å². The van der Waals surface area contributed by atoms with Crippen LogP contribution in [0.3, 0.4) is 0 Å². The van der Waals surface area contributed by atoms with Crippen LogP contribution in [0.5, 0.6) is 5.88 Å². The van der Waals surface area contributed by atoms with Crippen LogP contribution in [0.15, 0.2) is 43.0 Å². The number of amides is 1. The summed E-state index contributed by atoms with van der Waals surface area (Å²) in [5, 5.41) is 12.1. The molecule has 168 valence electrons. The van der Waals surface area contributed by atoms with Crippen LogP contribution in [0.1, 0.15) is 19.4 Å². The molecule has 32 heavy (non-hydrogen) atoms. The first-order chi connectivity index (χ1) is 15.4. The van der Waals surface area contributed by atoms with Gasteiger partial charge in [0.15, 0.2) is 11.2 Å². The highest BCUT2D eigenvalue weighted by atomic mass is 16.5. The highest BCUT2D eigenvalue weighted by Gasteiger charge is 2.26. The van der Waals surface area contributed by atoms with E-state index >= 15 is 0 Å². The maximum Gasteiger partial charge on any atom is 0.328 e. The van der Waals surface area contributed by atoms with Gasteiger partial charge < -0.3 is 24.5 Å². The largest absolute Gasteiger partial charge is 0.492 e. The molecule has 11 heteroatoms. The third-order valence-electron chi connectivity index (χ3n) is 4.64. The van der Waals surface area contributed by atoms with Gasteiger partial charge in [0.05, 0.1) is 12.9 Å². The molecule has 2 aromatic heterocycles. The summed E-state index contributed by atoms with van der Waals surface area (Å²) in [7, 11) is 0. The zero-order valence-corrected chi connectivity index (χ0v) is 17.6. The monoisotopic (exact) mass is 441 g/mol. The number of nitrogens with one attached hydrogen (secondary N) is 1. The average Bonchev–Trinajstić information content (AvgIpc) is 3.21. The molecule has 2 N–H and O–H groups in total. The molecule has 0 aliphatic carbocycles. The minimum absolute atomic E-state index is 0.0403. The molecule has 3 aromatic rings. The van der Waals surface area contributed by atoms with Gasteiger partial charge in [-0.25, -0.2) is 14.8 Å². The van der Waals surface area contributed by atoms with Crippen molar-refractivity contribution in [3.05, 3.63) is 48.5 Å². The SMILES string of the molecule is CC(NC(=O)C(C)C(=O)OCCn1cnc2c(O)ncnc21)C(=O)OCc1ccccc1. The number of rotatable bonds is 9. The quantitative estimate of drug-likeness (QED) is 0.366. The number of fused-ring (bicyclic) bond motifs is 1. The van der Waals surface area contributed by atoms with Crippen LogP contribution in [0, 0.1) is 5.92 Å². The molecule has 11 nitrogen and oxygen atoms in total. The van der Waals surface area contributed by atoms with Crippen molar-refractivity contribution in [2.45, 2.75) is 33.0 Å². The summed E-state index contributed by atoms with van der Waals surface area (Å²) in [4.78, 5) is 48.3. The number of nitrogens with zero attached hydrogens (tertiary/aromatic N) is 4. The third-order valence-corrected chi connectivity index (χ3v) is 4.64. The summed E-state index contributed by atoms with van der Waals surface area (Å²) in [6, 6.07) is 8.22. The van der Waals surface area contributed by atoms with Crippen molar-refractivity contribution in [1.29, 1.82) is 0 Å². The Kier molecular flexibility index (Phi) is 7.32. The van der Waals surface area contributed by atoms with Gasteiger partial charge in [0, 0.05) is 0 Å². The Hall–Kier alpha value is -4.02. The van der Waals surface area contributed by atoms with Crippen molar-refractivity contribution >= 4 is 29.0 Å². The Balaban J connectivity index is 1.43. The summed E-state index contributed by atoms with van der Waals surface area (Å²) < 4.78 is 11.9. The smallest absolute Gasteiger partial charge is 0.328 e. The molecule has 2 heterocycles. The molecule has 0 radical (unpaired) electrons. The molecule has 0 aliphatic rings. The molecule has 1 amide bonds. The molecule has 0 aliphatic heterocycles. The van der Waals surface area contributed by atoms with E-state index in [1.807, 2.05) is 30.3 Å². The molecule has 0 saturated heterocycles. The first-order valence-electron chi connectivity index (χ1n) is 9.89. The average molecular weight is 441 g/mol. The Morgan fingerprint density at radius 1 is 1.06 bits per heavy atom. The van der Waals surface area contributed by atoms with E-state index in [0.29, 0.717) is 5.65 Å². The van der Waals surface area contributed by atoms with E-state index in [4.69, 9.17) is 9.47 Å². The van der Waals surface area contributed by atoms with Crippen LogP contribution in [-0.4, -0.2) is 55.1 Å². The summed E-state index contributed by atoms with van der Waals surface area (Å²) in [6.07, 6.45) is 2.63. The van der Waals surface area contributed by atoms with Crippen molar-refractivity contribution in [2.24, 2.45) is 5.92 Å². The highest BCUT2D eigenvalue weighted by molar-refractivity contribution is 5.98. The Labute approximate surface area is 183 Å². The van der Waals surface area contributed by atoms with Gasteiger partial charge >= 0.3 is 11.9 Å². The number of benzene rings is 1. The number of esters is 2. The zero-order chi connectivity index (χ0) is 23.1. The number of hydrogen-bond acceptors (Lipinski definition) is 9. The first-order valence-corrected chi connectivity index (χ1v) is 9.89. The fourth-order valence-corrected chi connectivity index (χ4v) is 2.76. The standard InChI is InChI=1S/C21H23N5O6/c1-13(18(27)25-14(2)21(30)32-10-15-6-4-3-5-7-15)20(29)31-9-8-26-12-24-16-17(26)22-11-23-19(16)28/h3-7,11-14H,8-10H2,1-2H3,(H,25,27)(H,22,23,28). The van der Waals surface area contributed by atoms with Gasteiger partial charge in [-0.1, -0.05) is 30.3 Å². The van der Waals surface area contributed by atoms with Crippen molar-refractivity contribution in [3.63, 3.8) is 0 Å². The summed E-state index contributed by atoms with van der Waals surface area (Å²) in [5.41, 5.74) is 1.45. The lowest BCUT2D eigenvalue weighted by Crippen LogP contribution is -2.44. The fraction of sp³-hybridized carbons (Fsp3) is 0.333. The lowest BCUT2D eigenvalue weighted by atomic mass is 10.1. The predicted molar refractivity (Wildman–Crippen MR) is 111 cm³/mol. The molecular weight excluding hydrogens is 418 g/mol. The van der Waals surface area contributed by atoms with E-state index in [2.05, 4.69) is 20.3 Å². The normalized spacial score (nSPS) is 12.7. The molecule has 0 saturated carbocycles. The van der Waals surface area contributed by atoms with Crippen molar-refractivity contribution in [1.82, 2.24) is 24.8 Å². The van der Waals surface area contributed by atoms with Gasteiger partial charge in [-0.3, -0.25) is 9.59 Å². The molecule has 2 atom stereocenters. The van der Waals surface area contributed by atoms with Crippen LogP contribution >= 0.6 is 0 Å². The van der Waals surface area contributed by atoms with E-state index in [1.54, 1.807) is 4.57 Å². The molecule has 3 rings (SSSR count). The van der Waals surface area contributed by atoms with Gasteiger partial charge in [-0.15, -0.1) is 0 Å².